The van der Waals surface area contributed by atoms with Gasteiger partial charge in [-0.15, -0.1) is 0 Å². The normalized spacial score (nSPS) is 11.2. The number of nitrogens with zero attached hydrogens (tertiary/aromatic N) is 1. The number of hydrogen-bond donors (Lipinski definition) is 2. The minimum absolute atomic E-state index is 0.205. The van der Waals surface area contributed by atoms with E-state index < -0.39 is 5.69 Å². The van der Waals surface area contributed by atoms with Crippen molar-refractivity contribution in [3.63, 3.8) is 0 Å². The van der Waals surface area contributed by atoms with Crippen molar-refractivity contribution in [3.8, 4) is 5.75 Å². The zero-order valence-corrected chi connectivity index (χ0v) is 10.6. The highest BCUT2D eigenvalue weighted by atomic mass is 16.3. The van der Waals surface area contributed by atoms with Gasteiger partial charge in [0.25, 0.3) is 0 Å². The Bertz CT molecular complexity index is 850. The molecule has 1 heterocycles. The van der Waals surface area contributed by atoms with E-state index in [0.717, 1.165) is 10.8 Å². The summed E-state index contributed by atoms with van der Waals surface area (Å²) in [5.41, 5.74) is 0.939. The van der Waals surface area contributed by atoms with E-state index in [9.17, 15) is 9.90 Å². The van der Waals surface area contributed by atoms with Gasteiger partial charge in [-0.2, -0.15) is 0 Å². The molecule has 0 saturated heterocycles. The molecule has 3 rings (SSSR count). The topological polar surface area (TPSA) is 66.0 Å². The van der Waals surface area contributed by atoms with E-state index in [1.54, 1.807) is 24.3 Å². The van der Waals surface area contributed by atoms with Gasteiger partial charge in [0.15, 0.2) is 0 Å². The van der Waals surface area contributed by atoms with Crippen molar-refractivity contribution in [3.05, 3.63) is 70.4 Å². The molecular formula is C16H12N2O2. The van der Waals surface area contributed by atoms with Gasteiger partial charge in [0.1, 0.15) is 5.75 Å². The van der Waals surface area contributed by atoms with Crippen molar-refractivity contribution >= 4 is 22.9 Å². The summed E-state index contributed by atoms with van der Waals surface area (Å²) in [5.74, 6) is 0.205. The zero-order chi connectivity index (χ0) is 13.9. The Morgan fingerprint density at radius 1 is 1.05 bits per heavy atom. The second-order valence-corrected chi connectivity index (χ2v) is 4.42. The van der Waals surface area contributed by atoms with Crippen molar-refractivity contribution in [2.45, 2.75) is 0 Å². The van der Waals surface area contributed by atoms with Crippen molar-refractivity contribution in [1.82, 2.24) is 9.97 Å². The quantitative estimate of drug-likeness (QED) is 0.748. The first-order valence-corrected chi connectivity index (χ1v) is 6.17. The van der Waals surface area contributed by atoms with Gasteiger partial charge in [-0.05, 0) is 41.1 Å². The van der Waals surface area contributed by atoms with Crippen molar-refractivity contribution in [2.24, 2.45) is 0 Å². The summed E-state index contributed by atoms with van der Waals surface area (Å²) in [5, 5.41) is 12.0. The maximum Gasteiger partial charge on any atom is 0.345 e. The van der Waals surface area contributed by atoms with E-state index in [4.69, 9.17) is 0 Å². The number of phenolic OH excluding ortho intramolecular Hbond substituents is 1. The molecule has 0 amide bonds. The third-order valence-electron chi connectivity index (χ3n) is 3.03. The predicted molar refractivity (Wildman–Crippen MR) is 79.4 cm³/mol. The van der Waals surface area contributed by atoms with E-state index in [-0.39, 0.29) is 5.75 Å². The van der Waals surface area contributed by atoms with Gasteiger partial charge in [0, 0.05) is 17.5 Å². The fourth-order valence-corrected chi connectivity index (χ4v) is 2.04. The van der Waals surface area contributed by atoms with E-state index >= 15 is 0 Å². The molecule has 3 aromatic rings. The second kappa shape index (κ2) is 5.01. The predicted octanol–water partition coefficient (Wildman–Crippen LogP) is 2.80. The van der Waals surface area contributed by atoms with Crippen molar-refractivity contribution in [1.29, 1.82) is 0 Å². The maximum atomic E-state index is 11.1. The van der Waals surface area contributed by atoms with Crippen LogP contribution in [0.25, 0.3) is 22.9 Å². The molecule has 0 radical (unpaired) electrons. The highest BCUT2D eigenvalue weighted by Gasteiger charge is 2.00. The third kappa shape index (κ3) is 2.44. The molecule has 0 aliphatic rings. The maximum absolute atomic E-state index is 11.1. The molecule has 2 aromatic carbocycles. The molecular weight excluding hydrogens is 252 g/mol. The molecule has 2 N–H and O–H groups in total. The number of aromatic amines is 1. The number of rotatable bonds is 2. The second-order valence-electron chi connectivity index (χ2n) is 4.42. The van der Waals surface area contributed by atoms with Crippen LogP contribution in [-0.2, 0) is 0 Å². The summed E-state index contributed by atoms with van der Waals surface area (Å²) >= 11 is 0. The lowest BCUT2D eigenvalue weighted by molar-refractivity contribution is 0.475. The number of aromatic hydroxyl groups is 1. The van der Waals surface area contributed by atoms with Gasteiger partial charge in [-0.1, -0.05) is 24.3 Å². The van der Waals surface area contributed by atoms with Crippen LogP contribution in [0.2, 0.25) is 0 Å². The lowest BCUT2D eigenvalue weighted by Crippen LogP contribution is -2.09. The lowest BCUT2D eigenvalue weighted by Gasteiger charge is -2.03. The van der Waals surface area contributed by atoms with E-state index in [2.05, 4.69) is 9.97 Å². The number of benzene rings is 2. The van der Waals surface area contributed by atoms with Crippen LogP contribution in [0.3, 0.4) is 0 Å². The minimum atomic E-state index is -0.394. The summed E-state index contributed by atoms with van der Waals surface area (Å²) in [7, 11) is 0. The summed E-state index contributed by atoms with van der Waals surface area (Å²) in [6.07, 6.45) is 4.93. The summed E-state index contributed by atoms with van der Waals surface area (Å²) in [4.78, 5) is 17.3. The number of phenols is 1. The molecule has 0 aliphatic carbocycles. The Labute approximate surface area is 115 Å². The Balaban J connectivity index is 2.02. The number of aromatic nitrogens is 2. The van der Waals surface area contributed by atoms with Crippen LogP contribution in [0, 0.1) is 0 Å². The van der Waals surface area contributed by atoms with Crippen LogP contribution >= 0.6 is 0 Å². The molecule has 0 atom stereocenters. The zero-order valence-electron chi connectivity index (χ0n) is 10.6. The Morgan fingerprint density at radius 3 is 2.55 bits per heavy atom. The fourth-order valence-electron chi connectivity index (χ4n) is 2.04. The van der Waals surface area contributed by atoms with Gasteiger partial charge < -0.3 is 10.1 Å². The number of fused-ring (bicyclic) bond motifs is 1. The van der Waals surface area contributed by atoms with Crippen molar-refractivity contribution < 1.29 is 5.11 Å². The highest BCUT2D eigenvalue weighted by Crippen LogP contribution is 2.26. The molecule has 4 nitrogen and oxygen atoms in total. The average molecular weight is 264 g/mol. The SMILES string of the molecule is O=c1nccc(C=Cc2cc3ccccc3cc2O)[nH]1. The Morgan fingerprint density at radius 2 is 1.80 bits per heavy atom. The number of hydrogen-bond acceptors (Lipinski definition) is 3. The molecule has 4 heteroatoms. The van der Waals surface area contributed by atoms with Crippen LogP contribution in [-0.4, -0.2) is 15.1 Å². The molecule has 0 unspecified atom stereocenters. The first-order chi connectivity index (χ1) is 9.72. The standard InChI is InChI=1S/C16H12N2O2/c19-15-10-12-4-2-1-3-11(12)9-13(15)5-6-14-7-8-17-16(20)18-14/h1-10,19H,(H,17,18,20). The minimum Gasteiger partial charge on any atom is -0.507 e. The largest absolute Gasteiger partial charge is 0.507 e. The smallest absolute Gasteiger partial charge is 0.345 e. The first kappa shape index (κ1) is 12.2. The van der Waals surface area contributed by atoms with E-state index in [0.29, 0.717) is 11.3 Å². The molecule has 98 valence electrons. The van der Waals surface area contributed by atoms with Gasteiger partial charge in [-0.25, -0.2) is 9.78 Å². The summed E-state index contributed by atoms with van der Waals surface area (Å²) in [6, 6.07) is 13.1. The molecule has 0 saturated carbocycles. The monoisotopic (exact) mass is 264 g/mol. The average Bonchev–Trinajstić information content (AvgIpc) is 2.45. The molecule has 0 spiro atoms. The molecule has 0 bridgehead atoms. The molecule has 0 fully saturated rings. The van der Waals surface area contributed by atoms with E-state index in [1.807, 2.05) is 30.3 Å². The number of nitrogens with one attached hydrogen (secondary N) is 1. The van der Waals surface area contributed by atoms with E-state index in [1.165, 1.54) is 6.20 Å². The fraction of sp³-hybridized carbons (Fsp3) is 0. The molecule has 0 aliphatic heterocycles. The molecule has 1 aromatic heterocycles. The van der Waals surface area contributed by atoms with Crippen molar-refractivity contribution in [2.75, 3.05) is 0 Å². The Hall–Kier alpha value is -2.88. The summed E-state index contributed by atoms with van der Waals surface area (Å²) in [6.45, 7) is 0. The lowest BCUT2D eigenvalue weighted by atomic mass is 10.1. The number of H-pyrrole nitrogens is 1. The van der Waals surface area contributed by atoms with Crippen LogP contribution in [0.1, 0.15) is 11.3 Å². The van der Waals surface area contributed by atoms with Crippen LogP contribution in [0.5, 0.6) is 5.75 Å². The van der Waals surface area contributed by atoms with Gasteiger partial charge in [0.2, 0.25) is 0 Å². The highest BCUT2D eigenvalue weighted by molar-refractivity contribution is 5.88. The van der Waals surface area contributed by atoms with Crippen LogP contribution in [0.15, 0.2) is 53.5 Å². The first-order valence-electron chi connectivity index (χ1n) is 6.17. The van der Waals surface area contributed by atoms with Gasteiger partial charge in [-0.3, -0.25) is 0 Å². The van der Waals surface area contributed by atoms with Gasteiger partial charge in [0.05, 0.1) is 0 Å². The Kier molecular flexibility index (Phi) is 3.05. The molecule has 20 heavy (non-hydrogen) atoms. The van der Waals surface area contributed by atoms with Gasteiger partial charge >= 0.3 is 5.69 Å². The third-order valence-corrected chi connectivity index (χ3v) is 3.03. The summed E-state index contributed by atoms with van der Waals surface area (Å²) < 4.78 is 0. The van der Waals surface area contributed by atoms with Crippen LogP contribution < -0.4 is 5.69 Å². The van der Waals surface area contributed by atoms with Crippen LogP contribution in [0.4, 0.5) is 0 Å².